The molecule has 2 aromatic rings. The van der Waals surface area contributed by atoms with E-state index >= 15 is 0 Å². The predicted octanol–water partition coefficient (Wildman–Crippen LogP) is 7.31. The Hall–Kier alpha value is -2.06. The second kappa shape index (κ2) is 9.29. The van der Waals surface area contributed by atoms with Gasteiger partial charge in [0.2, 0.25) is 0 Å². The molecule has 2 fully saturated rings. The first-order valence-electron chi connectivity index (χ1n) is 13.1. The van der Waals surface area contributed by atoms with Crippen LogP contribution in [-0.4, -0.2) is 11.2 Å². The van der Waals surface area contributed by atoms with Gasteiger partial charge < -0.3 is 9.84 Å². The van der Waals surface area contributed by atoms with E-state index in [-0.39, 0.29) is 11.5 Å². The number of benzene rings is 2. The van der Waals surface area contributed by atoms with Gasteiger partial charge in [-0.2, -0.15) is 0 Å². The molecule has 3 aliphatic rings. The van der Waals surface area contributed by atoms with Gasteiger partial charge in [-0.15, -0.1) is 6.58 Å². The molecule has 3 aliphatic carbocycles. The van der Waals surface area contributed by atoms with Gasteiger partial charge in [-0.3, -0.25) is 0 Å². The topological polar surface area (TPSA) is 29.5 Å². The van der Waals surface area contributed by atoms with Gasteiger partial charge in [0, 0.05) is 0 Å². The molecule has 2 saturated carbocycles. The minimum absolute atomic E-state index is 0.0665. The zero-order valence-corrected chi connectivity index (χ0v) is 20.4. The number of aliphatic hydroxyl groups is 1. The van der Waals surface area contributed by atoms with Gasteiger partial charge >= 0.3 is 0 Å². The summed E-state index contributed by atoms with van der Waals surface area (Å²) in [6, 6.07) is 17.3. The fourth-order valence-corrected chi connectivity index (χ4v) is 7.85. The Morgan fingerprint density at radius 1 is 1.15 bits per heavy atom. The average Bonchev–Trinajstić information content (AvgIpc) is 3.08. The summed E-state index contributed by atoms with van der Waals surface area (Å²) in [7, 11) is 0. The van der Waals surface area contributed by atoms with Crippen molar-refractivity contribution in [2.45, 2.75) is 77.4 Å². The maximum absolute atomic E-state index is 11.3. The van der Waals surface area contributed by atoms with E-state index in [0.29, 0.717) is 36.2 Å². The molecule has 7 atom stereocenters. The van der Waals surface area contributed by atoms with Crippen LogP contribution in [-0.2, 0) is 13.0 Å². The van der Waals surface area contributed by atoms with Crippen LogP contribution in [0.5, 0.6) is 5.75 Å². The van der Waals surface area contributed by atoms with Gasteiger partial charge in [-0.1, -0.05) is 69.2 Å². The molecule has 7 unspecified atom stereocenters. The van der Waals surface area contributed by atoms with Crippen molar-refractivity contribution in [3.63, 3.8) is 0 Å². The van der Waals surface area contributed by atoms with Crippen LogP contribution >= 0.6 is 0 Å². The van der Waals surface area contributed by atoms with E-state index in [1.54, 1.807) is 5.56 Å². The highest BCUT2D eigenvalue weighted by atomic mass is 16.5. The summed E-state index contributed by atoms with van der Waals surface area (Å²) in [6.07, 6.45) is 9.95. The van der Waals surface area contributed by atoms with E-state index in [4.69, 9.17) is 4.74 Å². The van der Waals surface area contributed by atoms with Crippen LogP contribution in [0.3, 0.4) is 0 Å². The number of hydrogen-bond acceptors (Lipinski definition) is 2. The zero-order chi connectivity index (χ0) is 23.0. The van der Waals surface area contributed by atoms with Crippen molar-refractivity contribution in [1.82, 2.24) is 0 Å². The number of allylic oxidation sites excluding steroid dienone is 1. The molecular weight excluding hydrogens is 404 g/mol. The molecule has 1 N–H and O–H groups in total. The average molecular weight is 445 g/mol. The lowest BCUT2D eigenvalue weighted by molar-refractivity contribution is -0.0463. The Labute approximate surface area is 200 Å². The van der Waals surface area contributed by atoms with Gasteiger partial charge in [0.1, 0.15) is 12.4 Å². The Kier molecular flexibility index (Phi) is 6.40. The van der Waals surface area contributed by atoms with Gasteiger partial charge in [0.15, 0.2) is 0 Å². The summed E-state index contributed by atoms with van der Waals surface area (Å²) < 4.78 is 6.19. The molecule has 0 heterocycles. The Bertz CT molecular complexity index is 966. The zero-order valence-electron chi connectivity index (χ0n) is 20.4. The largest absolute Gasteiger partial charge is 0.489 e. The minimum Gasteiger partial charge on any atom is -0.489 e. The second-order valence-corrected chi connectivity index (χ2v) is 11.2. The van der Waals surface area contributed by atoms with Crippen LogP contribution < -0.4 is 4.74 Å². The quantitative estimate of drug-likeness (QED) is 0.454. The lowest BCUT2D eigenvalue weighted by Gasteiger charge is -2.53. The van der Waals surface area contributed by atoms with Gasteiger partial charge in [-0.05, 0) is 95.9 Å². The van der Waals surface area contributed by atoms with Crippen LogP contribution in [0, 0.1) is 29.1 Å². The highest BCUT2D eigenvalue weighted by Crippen LogP contribution is 2.64. The summed E-state index contributed by atoms with van der Waals surface area (Å²) in [5, 5.41) is 11.3. The summed E-state index contributed by atoms with van der Waals surface area (Å²) in [5.74, 6) is 4.02. The molecule has 0 aromatic heterocycles. The van der Waals surface area contributed by atoms with Crippen LogP contribution in [0.4, 0.5) is 0 Å². The van der Waals surface area contributed by atoms with Gasteiger partial charge in [0.25, 0.3) is 0 Å². The predicted molar refractivity (Wildman–Crippen MR) is 135 cm³/mol. The molecule has 33 heavy (non-hydrogen) atoms. The highest BCUT2D eigenvalue weighted by Gasteiger charge is 2.59. The van der Waals surface area contributed by atoms with Gasteiger partial charge in [-0.25, -0.2) is 0 Å². The lowest BCUT2D eigenvalue weighted by Crippen LogP contribution is -2.47. The molecule has 0 saturated heterocycles. The molecule has 0 aliphatic heterocycles. The molecule has 176 valence electrons. The minimum atomic E-state index is -0.182. The van der Waals surface area contributed by atoms with E-state index in [1.165, 1.54) is 36.8 Å². The summed E-state index contributed by atoms with van der Waals surface area (Å²) in [4.78, 5) is 0. The monoisotopic (exact) mass is 444 g/mol. The summed E-state index contributed by atoms with van der Waals surface area (Å²) in [6.45, 7) is 9.31. The first kappa shape index (κ1) is 22.7. The lowest BCUT2D eigenvalue weighted by atomic mass is 9.52. The first-order valence-corrected chi connectivity index (χ1v) is 13.1. The number of aliphatic hydroxyl groups excluding tert-OH is 1. The Morgan fingerprint density at radius 2 is 1.97 bits per heavy atom. The standard InChI is InChI=1S/C31H40O2/c1-4-9-22-17-24-18-25(33-20-21-11-7-6-8-12-21)13-14-26(24)27-15-16-31(3)28(29(22)27)19-23(10-5-2)30(31)32/h5-8,11-14,18,22-23,27-30,32H,2,4,9-10,15-17,19-20H2,1,3H3. The smallest absolute Gasteiger partial charge is 0.120 e. The third-order valence-corrected chi connectivity index (χ3v) is 9.37. The van der Waals surface area contributed by atoms with E-state index < -0.39 is 0 Å². The summed E-state index contributed by atoms with van der Waals surface area (Å²) in [5.41, 5.74) is 4.34. The van der Waals surface area contributed by atoms with Crippen molar-refractivity contribution in [2.24, 2.45) is 29.1 Å². The molecule has 0 amide bonds. The molecule has 2 aromatic carbocycles. The number of rotatable bonds is 7. The highest BCUT2D eigenvalue weighted by molar-refractivity contribution is 5.41. The molecule has 5 rings (SSSR count). The normalized spacial score (nSPS) is 34.8. The maximum atomic E-state index is 11.3. The fourth-order valence-electron chi connectivity index (χ4n) is 7.85. The Balaban J connectivity index is 1.42. The number of ether oxygens (including phenoxy) is 1. The van der Waals surface area contributed by atoms with E-state index in [1.807, 2.05) is 12.1 Å². The Morgan fingerprint density at radius 3 is 2.73 bits per heavy atom. The number of fused-ring (bicyclic) bond motifs is 5. The van der Waals surface area contributed by atoms with E-state index in [2.05, 4.69) is 62.9 Å². The first-order chi connectivity index (χ1) is 16.0. The molecule has 0 radical (unpaired) electrons. The summed E-state index contributed by atoms with van der Waals surface area (Å²) >= 11 is 0. The van der Waals surface area contributed by atoms with Crippen LogP contribution in [0.1, 0.15) is 75.0 Å². The van der Waals surface area contributed by atoms with Crippen molar-refractivity contribution in [1.29, 1.82) is 0 Å². The third kappa shape index (κ3) is 4.05. The SMILES string of the molecule is C=CCC1CC2C3C(CCC)Cc4cc(OCc5ccccc5)ccc4C3CCC2(C)C1O. The van der Waals surface area contributed by atoms with Crippen molar-refractivity contribution in [3.8, 4) is 5.75 Å². The van der Waals surface area contributed by atoms with Crippen LogP contribution in [0.2, 0.25) is 0 Å². The van der Waals surface area contributed by atoms with Crippen molar-refractivity contribution in [3.05, 3.63) is 77.9 Å². The maximum Gasteiger partial charge on any atom is 0.120 e. The molecule has 0 spiro atoms. The molecule has 2 heteroatoms. The van der Waals surface area contributed by atoms with Gasteiger partial charge in [0.05, 0.1) is 6.10 Å². The fraction of sp³-hybridized carbons (Fsp3) is 0.548. The van der Waals surface area contributed by atoms with Crippen LogP contribution in [0.15, 0.2) is 61.2 Å². The third-order valence-electron chi connectivity index (χ3n) is 9.37. The molecular formula is C31H40O2. The van der Waals surface area contributed by atoms with E-state index in [9.17, 15) is 5.11 Å². The molecule has 0 bridgehead atoms. The van der Waals surface area contributed by atoms with Crippen molar-refractivity contribution in [2.75, 3.05) is 0 Å². The van der Waals surface area contributed by atoms with Crippen molar-refractivity contribution >= 4 is 0 Å². The van der Waals surface area contributed by atoms with E-state index in [0.717, 1.165) is 25.0 Å². The second-order valence-electron chi connectivity index (χ2n) is 11.2. The van der Waals surface area contributed by atoms with Crippen LogP contribution in [0.25, 0.3) is 0 Å². The van der Waals surface area contributed by atoms with Crippen molar-refractivity contribution < 1.29 is 9.84 Å². The molecule has 2 nitrogen and oxygen atoms in total. The number of hydrogen-bond donors (Lipinski definition) is 1.